The smallest absolute Gasteiger partial charge is 0.423 e. The van der Waals surface area contributed by atoms with Crippen LogP contribution in [0.2, 0.25) is 0 Å². The molecule has 0 atom stereocenters. The minimum Gasteiger partial charge on any atom is -0.423 e. The molecule has 0 aliphatic carbocycles. The van der Waals surface area contributed by atoms with Crippen LogP contribution >= 0.6 is 0 Å². The molecule has 0 saturated heterocycles. The van der Waals surface area contributed by atoms with Crippen molar-refractivity contribution in [2.45, 2.75) is 27.7 Å². The first kappa shape index (κ1) is 28.8. The van der Waals surface area contributed by atoms with E-state index in [4.69, 9.17) is 10.0 Å². The summed E-state index contributed by atoms with van der Waals surface area (Å²) in [7, 11) is -6.24. The average molecular weight is 508 g/mol. The third-order valence-electron chi connectivity index (χ3n) is 5.03. The summed E-state index contributed by atoms with van der Waals surface area (Å²) in [6, 6.07) is 30.3. The summed E-state index contributed by atoms with van der Waals surface area (Å²) in [5.41, 5.74) is 7.78. The number of benzene rings is 4. The van der Waals surface area contributed by atoms with Crippen molar-refractivity contribution in [1.82, 2.24) is 0 Å². The van der Waals surface area contributed by atoms with Crippen LogP contribution in [0.4, 0.5) is 3.89 Å². The van der Waals surface area contributed by atoms with E-state index in [0.29, 0.717) is 5.46 Å². The fourth-order valence-corrected chi connectivity index (χ4v) is 3.28. The summed E-state index contributed by atoms with van der Waals surface area (Å²) in [6.45, 7) is 8.00. The van der Waals surface area contributed by atoms with Crippen molar-refractivity contribution in [2.75, 3.05) is 0 Å². The Morgan fingerprint density at radius 2 is 0.889 bits per heavy atom. The van der Waals surface area contributed by atoms with Crippen LogP contribution in [0.5, 0.6) is 5.75 Å². The first-order chi connectivity index (χ1) is 16.9. The Labute approximate surface area is 213 Å². The highest BCUT2D eigenvalue weighted by Crippen LogP contribution is 2.19. The predicted molar refractivity (Wildman–Crippen MR) is 144 cm³/mol. The molecule has 0 radical (unpaired) electrons. The van der Waals surface area contributed by atoms with Crippen molar-refractivity contribution in [3.05, 3.63) is 119 Å². The van der Waals surface area contributed by atoms with Gasteiger partial charge in [0.05, 0.1) is 0 Å². The standard InChI is InChI=1S/C14H14.C7H9BO2.C7H7FO3S/c1-11-3-7-13(8-4-11)14-9-5-12(2)6-10-14;1-6-2-4-7(5-3-6)8(9)10;1-6-2-4-7(5-3-6)11-12(8,9)10/h3-10H,1-2H3;2-5,9-10H,1H3;2-5H,1H3. The Bertz CT molecular complexity index is 1260. The molecular formula is C28H30BFO5S. The molecule has 0 saturated carbocycles. The molecule has 188 valence electrons. The van der Waals surface area contributed by atoms with Gasteiger partial charge in [0, 0.05) is 0 Å². The molecule has 2 N–H and O–H groups in total. The monoisotopic (exact) mass is 508 g/mol. The van der Waals surface area contributed by atoms with Gasteiger partial charge in [0.25, 0.3) is 0 Å². The van der Waals surface area contributed by atoms with Crippen LogP contribution in [-0.4, -0.2) is 25.6 Å². The zero-order valence-electron chi connectivity index (χ0n) is 20.7. The van der Waals surface area contributed by atoms with Crippen molar-refractivity contribution in [1.29, 1.82) is 0 Å². The van der Waals surface area contributed by atoms with Gasteiger partial charge in [-0.3, -0.25) is 0 Å². The van der Waals surface area contributed by atoms with Gasteiger partial charge in [0.1, 0.15) is 5.75 Å². The summed E-state index contributed by atoms with van der Waals surface area (Å²) < 4.78 is 35.9. The maximum atomic E-state index is 11.9. The molecule has 0 heterocycles. The van der Waals surface area contributed by atoms with Crippen LogP contribution in [0.25, 0.3) is 11.1 Å². The van der Waals surface area contributed by atoms with E-state index in [1.54, 1.807) is 24.3 Å². The second-order valence-corrected chi connectivity index (χ2v) is 9.26. The largest absolute Gasteiger partial charge is 0.488 e. The summed E-state index contributed by atoms with van der Waals surface area (Å²) in [5, 5.41) is 17.3. The van der Waals surface area contributed by atoms with Crippen molar-refractivity contribution < 1.29 is 26.5 Å². The van der Waals surface area contributed by atoms with E-state index in [0.717, 1.165) is 11.1 Å². The lowest BCUT2D eigenvalue weighted by molar-refractivity contribution is 0.425. The second-order valence-electron chi connectivity index (χ2n) is 8.31. The highest BCUT2D eigenvalue weighted by molar-refractivity contribution is 7.81. The average Bonchev–Trinajstić information content (AvgIpc) is 2.82. The summed E-state index contributed by atoms with van der Waals surface area (Å²) >= 11 is 0. The Morgan fingerprint density at radius 3 is 1.19 bits per heavy atom. The van der Waals surface area contributed by atoms with Gasteiger partial charge in [-0.1, -0.05) is 111 Å². The van der Waals surface area contributed by atoms with Crippen LogP contribution in [0.1, 0.15) is 22.3 Å². The lowest BCUT2D eigenvalue weighted by Gasteiger charge is -2.02. The molecule has 0 bridgehead atoms. The molecule has 0 fully saturated rings. The number of aryl methyl sites for hydroxylation is 4. The molecule has 4 aromatic carbocycles. The number of rotatable bonds is 4. The highest BCUT2D eigenvalue weighted by Gasteiger charge is 2.09. The molecular weight excluding hydrogens is 478 g/mol. The predicted octanol–water partition coefficient (Wildman–Crippen LogP) is 5.23. The van der Waals surface area contributed by atoms with Gasteiger partial charge in [0.15, 0.2) is 0 Å². The molecule has 0 unspecified atom stereocenters. The van der Waals surface area contributed by atoms with E-state index in [1.165, 1.54) is 34.4 Å². The van der Waals surface area contributed by atoms with Crippen molar-refractivity contribution in [2.24, 2.45) is 0 Å². The van der Waals surface area contributed by atoms with Gasteiger partial charge in [-0.2, -0.15) is 8.42 Å². The quantitative estimate of drug-likeness (QED) is 0.291. The molecule has 4 rings (SSSR count). The molecule has 4 aromatic rings. The summed E-state index contributed by atoms with van der Waals surface area (Å²) in [4.78, 5) is 0. The van der Waals surface area contributed by atoms with Gasteiger partial charge >= 0.3 is 17.6 Å². The fourth-order valence-electron chi connectivity index (χ4n) is 2.94. The van der Waals surface area contributed by atoms with Gasteiger partial charge in [-0.05, 0) is 56.4 Å². The zero-order valence-corrected chi connectivity index (χ0v) is 21.5. The van der Waals surface area contributed by atoms with Crippen molar-refractivity contribution in [3.63, 3.8) is 0 Å². The van der Waals surface area contributed by atoms with Gasteiger partial charge < -0.3 is 14.2 Å². The number of hydrogen-bond acceptors (Lipinski definition) is 5. The van der Waals surface area contributed by atoms with Gasteiger partial charge in [0.2, 0.25) is 0 Å². The Kier molecular flexibility index (Phi) is 10.9. The first-order valence-corrected chi connectivity index (χ1v) is 12.5. The molecule has 0 amide bonds. The molecule has 0 aromatic heterocycles. The second kappa shape index (κ2) is 13.6. The van der Waals surface area contributed by atoms with E-state index in [-0.39, 0.29) is 5.75 Å². The molecule has 0 aliphatic rings. The zero-order chi connectivity index (χ0) is 26.7. The van der Waals surface area contributed by atoms with Crippen LogP contribution in [0.15, 0.2) is 97.1 Å². The summed E-state index contributed by atoms with van der Waals surface area (Å²) in [6.07, 6.45) is 0. The third-order valence-corrected chi connectivity index (χ3v) is 5.42. The summed E-state index contributed by atoms with van der Waals surface area (Å²) in [5.74, 6) is -0.0249. The van der Waals surface area contributed by atoms with Crippen molar-refractivity contribution in [3.8, 4) is 16.9 Å². The lowest BCUT2D eigenvalue weighted by Crippen LogP contribution is -2.29. The Balaban J connectivity index is 0.000000193. The van der Waals surface area contributed by atoms with Crippen LogP contribution in [-0.2, 0) is 10.5 Å². The number of hydrogen-bond donors (Lipinski definition) is 2. The Hall–Kier alpha value is -3.46. The van der Waals surface area contributed by atoms with E-state index in [1.807, 2.05) is 26.0 Å². The highest BCUT2D eigenvalue weighted by atomic mass is 32.3. The first-order valence-electron chi connectivity index (χ1n) is 11.2. The molecule has 5 nitrogen and oxygen atoms in total. The third kappa shape index (κ3) is 10.9. The fraction of sp³-hybridized carbons (Fsp3) is 0.143. The van der Waals surface area contributed by atoms with E-state index >= 15 is 0 Å². The molecule has 8 heteroatoms. The maximum Gasteiger partial charge on any atom is 0.488 e. The lowest BCUT2D eigenvalue weighted by atomic mass is 9.80. The molecule has 36 heavy (non-hydrogen) atoms. The van der Waals surface area contributed by atoms with Crippen LogP contribution < -0.4 is 9.65 Å². The Morgan fingerprint density at radius 1 is 0.583 bits per heavy atom. The van der Waals surface area contributed by atoms with Gasteiger partial charge in [-0.15, -0.1) is 0 Å². The van der Waals surface area contributed by atoms with Crippen LogP contribution in [0, 0.1) is 27.7 Å². The van der Waals surface area contributed by atoms with E-state index < -0.39 is 17.6 Å². The van der Waals surface area contributed by atoms with Crippen LogP contribution in [0.3, 0.4) is 0 Å². The number of halogens is 1. The maximum absolute atomic E-state index is 11.9. The molecule has 0 aliphatic heterocycles. The minimum absolute atomic E-state index is 0.0249. The topological polar surface area (TPSA) is 83.8 Å². The van der Waals surface area contributed by atoms with Crippen molar-refractivity contribution >= 4 is 23.1 Å². The van der Waals surface area contributed by atoms with E-state index in [2.05, 4.69) is 66.6 Å². The molecule has 0 spiro atoms. The van der Waals surface area contributed by atoms with Gasteiger partial charge in [-0.25, -0.2) is 0 Å². The SMILES string of the molecule is Cc1ccc(-c2ccc(C)cc2)cc1.Cc1ccc(B(O)O)cc1.Cc1ccc(OS(=O)(=O)F)cc1. The van der Waals surface area contributed by atoms with E-state index in [9.17, 15) is 12.3 Å². The normalized spacial score (nSPS) is 10.3. The minimum atomic E-state index is -4.89.